The van der Waals surface area contributed by atoms with E-state index in [1.165, 1.54) is 0 Å². The number of aromatic nitrogens is 1. The Hall–Kier alpha value is -2.61. The molecule has 27 heavy (non-hydrogen) atoms. The minimum Gasteiger partial charge on any atom is -0.474 e. The van der Waals surface area contributed by atoms with Crippen molar-refractivity contribution in [3.05, 3.63) is 53.7 Å². The monoisotopic (exact) mass is 389 g/mol. The Morgan fingerprint density at radius 3 is 2.67 bits per heavy atom. The number of hydrogen-bond donors (Lipinski definition) is 2. The van der Waals surface area contributed by atoms with Crippen molar-refractivity contribution < 1.29 is 17.9 Å². The van der Waals surface area contributed by atoms with Crippen LogP contribution < -0.4 is 14.8 Å². The third-order valence-electron chi connectivity index (χ3n) is 4.34. The van der Waals surface area contributed by atoms with E-state index in [0.29, 0.717) is 5.88 Å². The Morgan fingerprint density at radius 2 is 1.93 bits per heavy atom. The number of sulfonamides is 1. The largest absolute Gasteiger partial charge is 0.474 e. The molecule has 1 saturated carbocycles. The van der Waals surface area contributed by atoms with Crippen molar-refractivity contribution in [2.24, 2.45) is 0 Å². The summed E-state index contributed by atoms with van der Waals surface area (Å²) in [7, 11) is -3.48. The number of carbonyl (C=O) groups is 1. The number of para-hydroxylation sites is 1. The Labute approximate surface area is 159 Å². The molecule has 0 saturated heterocycles. The quantitative estimate of drug-likeness (QED) is 0.759. The van der Waals surface area contributed by atoms with Gasteiger partial charge >= 0.3 is 0 Å². The summed E-state index contributed by atoms with van der Waals surface area (Å²) >= 11 is 0. The smallest absolute Gasteiger partial charge is 0.253 e. The molecule has 0 aliphatic heterocycles. The normalized spacial score (nSPS) is 14.7. The number of pyridine rings is 1. The Bertz CT molecular complexity index is 909. The lowest BCUT2D eigenvalue weighted by Crippen LogP contribution is -2.25. The van der Waals surface area contributed by atoms with Crippen molar-refractivity contribution in [2.45, 2.75) is 38.3 Å². The Morgan fingerprint density at radius 1 is 1.19 bits per heavy atom. The molecule has 2 aromatic rings. The summed E-state index contributed by atoms with van der Waals surface area (Å²) in [6, 6.07) is 10.1. The van der Waals surface area contributed by atoms with E-state index in [-0.39, 0.29) is 29.8 Å². The molecule has 8 heteroatoms. The van der Waals surface area contributed by atoms with Gasteiger partial charge in [-0.3, -0.25) is 9.52 Å². The van der Waals surface area contributed by atoms with Crippen LogP contribution in [-0.4, -0.2) is 31.7 Å². The topological polar surface area (TPSA) is 97.4 Å². The minimum atomic E-state index is -3.48. The molecule has 2 N–H and O–H groups in total. The second-order valence-electron chi connectivity index (χ2n) is 6.59. The predicted molar refractivity (Wildman–Crippen MR) is 103 cm³/mol. The van der Waals surface area contributed by atoms with Gasteiger partial charge in [0.15, 0.2) is 0 Å². The molecule has 1 aromatic heterocycles. The fourth-order valence-electron chi connectivity index (χ4n) is 3.07. The summed E-state index contributed by atoms with van der Waals surface area (Å²) < 4.78 is 31.3. The second-order valence-corrected chi connectivity index (χ2v) is 8.34. The number of rotatable bonds is 7. The van der Waals surface area contributed by atoms with Crippen molar-refractivity contribution in [2.75, 3.05) is 11.0 Å². The molecule has 1 aromatic carbocycles. The van der Waals surface area contributed by atoms with Gasteiger partial charge in [0.05, 0.1) is 17.5 Å². The Kier molecular flexibility index (Phi) is 5.95. The molecule has 1 aliphatic rings. The molecular weight excluding hydrogens is 366 g/mol. The molecule has 7 nitrogen and oxygen atoms in total. The lowest BCUT2D eigenvalue weighted by molar-refractivity contribution is 0.0951. The average Bonchev–Trinajstić information content (AvgIpc) is 3.13. The molecule has 1 amide bonds. The van der Waals surface area contributed by atoms with E-state index >= 15 is 0 Å². The number of anilines is 1. The number of ether oxygens (including phenoxy) is 1. The number of amides is 1. The lowest BCUT2D eigenvalue weighted by Gasteiger charge is -2.16. The van der Waals surface area contributed by atoms with Crippen LogP contribution in [0.5, 0.6) is 5.88 Å². The van der Waals surface area contributed by atoms with Gasteiger partial charge in [0, 0.05) is 18.3 Å². The second kappa shape index (κ2) is 8.39. The first-order chi connectivity index (χ1) is 12.9. The maximum atomic E-state index is 12.6. The highest BCUT2D eigenvalue weighted by Gasteiger charge is 2.19. The first kappa shape index (κ1) is 19.2. The van der Waals surface area contributed by atoms with E-state index in [1.807, 2.05) is 6.07 Å². The van der Waals surface area contributed by atoms with Crippen molar-refractivity contribution in [3.63, 3.8) is 0 Å². The van der Waals surface area contributed by atoms with Gasteiger partial charge in [-0.05, 0) is 43.9 Å². The van der Waals surface area contributed by atoms with Crippen LogP contribution in [-0.2, 0) is 16.6 Å². The zero-order valence-corrected chi connectivity index (χ0v) is 16.0. The van der Waals surface area contributed by atoms with Gasteiger partial charge in [-0.1, -0.05) is 18.2 Å². The average molecular weight is 389 g/mol. The van der Waals surface area contributed by atoms with Crippen LogP contribution in [0.15, 0.2) is 42.6 Å². The highest BCUT2D eigenvalue weighted by molar-refractivity contribution is 7.92. The van der Waals surface area contributed by atoms with Crippen LogP contribution in [0.4, 0.5) is 5.69 Å². The summed E-state index contributed by atoms with van der Waals surface area (Å²) in [6.45, 7) is 0.238. The summed E-state index contributed by atoms with van der Waals surface area (Å²) in [6.07, 6.45) is 7.25. The molecule has 0 unspecified atom stereocenters. The molecular formula is C19H23N3O4S. The van der Waals surface area contributed by atoms with E-state index in [1.54, 1.807) is 36.5 Å². The van der Waals surface area contributed by atoms with Gasteiger partial charge in [0.25, 0.3) is 5.91 Å². The van der Waals surface area contributed by atoms with Crippen LogP contribution in [0.1, 0.15) is 41.6 Å². The van der Waals surface area contributed by atoms with Crippen LogP contribution in [0.2, 0.25) is 0 Å². The maximum absolute atomic E-state index is 12.6. The highest BCUT2D eigenvalue weighted by atomic mass is 32.2. The van der Waals surface area contributed by atoms with Crippen LogP contribution in [0.25, 0.3) is 0 Å². The van der Waals surface area contributed by atoms with E-state index in [2.05, 4.69) is 15.0 Å². The summed E-state index contributed by atoms with van der Waals surface area (Å²) in [5.41, 5.74) is 1.28. The van der Waals surface area contributed by atoms with Crippen LogP contribution in [0, 0.1) is 0 Å². The van der Waals surface area contributed by atoms with Crippen molar-refractivity contribution in [1.29, 1.82) is 0 Å². The molecule has 1 heterocycles. The molecule has 1 fully saturated rings. The summed E-state index contributed by atoms with van der Waals surface area (Å²) in [4.78, 5) is 16.9. The number of hydrogen-bond acceptors (Lipinski definition) is 5. The number of nitrogens with zero attached hydrogens (tertiary/aromatic N) is 1. The molecule has 0 bridgehead atoms. The third-order valence-corrected chi connectivity index (χ3v) is 4.93. The zero-order chi connectivity index (χ0) is 19.3. The highest BCUT2D eigenvalue weighted by Crippen LogP contribution is 2.25. The van der Waals surface area contributed by atoms with E-state index in [0.717, 1.165) is 37.5 Å². The fraction of sp³-hybridized carbons (Fsp3) is 0.368. The SMILES string of the molecule is CS(=O)(=O)Nc1ccccc1C(=O)NCc1cccnc1OC1CCCC1. The van der Waals surface area contributed by atoms with Gasteiger partial charge in [-0.15, -0.1) is 0 Å². The molecule has 1 aliphatic carbocycles. The van der Waals surface area contributed by atoms with Gasteiger partial charge < -0.3 is 10.1 Å². The van der Waals surface area contributed by atoms with Gasteiger partial charge in [-0.2, -0.15) is 0 Å². The minimum absolute atomic E-state index is 0.175. The number of carbonyl (C=O) groups excluding carboxylic acids is 1. The molecule has 0 atom stereocenters. The summed E-state index contributed by atoms with van der Waals surface area (Å²) in [5, 5.41) is 2.81. The third kappa shape index (κ3) is 5.43. The summed E-state index contributed by atoms with van der Waals surface area (Å²) in [5.74, 6) is 0.157. The van der Waals surface area contributed by atoms with Gasteiger partial charge in [0.1, 0.15) is 6.10 Å². The number of benzene rings is 1. The molecule has 0 spiro atoms. The van der Waals surface area contributed by atoms with E-state index < -0.39 is 10.0 Å². The van der Waals surface area contributed by atoms with Crippen molar-refractivity contribution in [1.82, 2.24) is 10.3 Å². The molecule has 144 valence electrons. The zero-order valence-electron chi connectivity index (χ0n) is 15.1. The van der Waals surface area contributed by atoms with Crippen molar-refractivity contribution in [3.8, 4) is 5.88 Å². The standard InChI is InChI=1S/C19H23N3O4S/c1-27(24,25)22-17-11-5-4-10-16(17)18(23)21-13-14-7-6-12-20-19(14)26-15-8-2-3-9-15/h4-7,10-12,15,22H,2-3,8-9,13H2,1H3,(H,21,23). The Balaban J connectivity index is 1.70. The lowest BCUT2D eigenvalue weighted by atomic mass is 10.1. The van der Waals surface area contributed by atoms with Gasteiger partial charge in [0.2, 0.25) is 15.9 Å². The van der Waals surface area contributed by atoms with Crippen LogP contribution in [0.3, 0.4) is 0 Å². The van der Waals surface area contributed by atoms with E-state index in [9.17, 15) is 13.2 Å². The van der Waals surface area contributed by atoms with Gasteiger partial charge in [-0.25, -0.2) is 13.4 Å². The number of nitrogens with one attached hydrogen (secondary N) is 2. The fourth-order valence-corrected chi connectivity index (χ4v) is 3.65. The first-order valence-electron chi connectivity index (χ1n) is 8.88. The first-order valence-corrected chi connectivity index (χ1v) is 10.8. The van der Waals surface area contributed by atoms with Crippen LogP contribution >= 0.6 is 0 Å². The molecule has 0 radical (unpaired) electrons. The van der Waals surface area contributed by atoms with E-state index in [4.69, 9.17) is 4.74 Å². The van der Waals surface area contributed by atoms with Crippen molar-refractivity contribution >= 4 is 21.6 Å². The maximum Gasteiger partial charge on any atom is 0.253 e. The predicted octanol–water partition coefficient (Wildman–Crippen LogP) is 2.70. The molecule has 3 rings (SSSR count).